The summed E-state index contributed by atoms with van der Waals surface area (Å²) in [5.41, 5.74) is 21.1. The molecule has 12 heteroatoms. The number of anilines is 4. The summed E-state index contributed by atoms with van der Waals surface area (Å²) in [6.45, 7) is -2.87. The summed E-state index contributed by atoms with van der Waals surface area (Å²) in [6.07, 6.45) is 0. The Hall–Kier alpha value is -3.70. The molecule has 162 valence electrons. The lowest BCUT2D eigenvalue weighted by molar-refractivity contribution is -0.191. The molecule has 0 saturated carbocycles. The second kappa shape index (κ2) is 8.35. The number of hydrogen-bond acceptors (Lipinski definition) is 6. The number of nitrogens with one attached hydrogen (secondary N) is 2. The first-order chi connectivity index (χ1) is 13.8. The Bertz CT molecular complexity index is 890. The van der Waals surface area contributed by atoms with Crippen molar-refractivity contribution in [2.75, 3.05) is 35.2 Å². The lowest BCUT2D eigenvalue weighted by Gasteiger charge is -2.28. The van der Waals surface area contributed by atoms with E-state index in [0.29, 0.717) is 0 Å². The number of nitrogens with two attached hydrogens (primary N) is 4. The fourth-order valence-corrected chi connectivity index (χ4v) is 2.43. The maximum Gasteiger partial charge on any atom is 0.328 e. The SMILES string of the molecule is NC(=O)c1ccc(NCC(F)(F)C(F)(F)CNc2ccc(C(N)=O)cc2N)c(N)c1. The number of nitrogen functional groups attached to an aromatic ring is 2. The third-order valence-corrected chi connectivity index (χ3v) is 4.21. The van der Waals surface area contributed by atoms with Crippen LogP contribution in [-0.4, -0.2) is 36.7 Å². The van der Waals surface area contributed by atoms with Crippen molar-refractivity contribution in [2.24, 2.45) is 11.5 Å². The normalized spacial score (nSPS) is 11.7. The molecule has 0 heterocycles. The minimum absolute atomic E-state index is 0.0410. The van der Waals surface area contributed by atoms with Crippen LogP contribution < -0.4 is 33.6 Å². The number of benzene rings is 2. The van der Waals surface area contributed by atoms with Crippen molar-refractivity contribution < 1.29 is 27.2 Å². The van der Waals surface area contributed by atoms with Crippen LogP contribution in [-0.2, 0) is 0 Å². The van der Waals surface area contributed by atoms with Crippen LogP contribution in [0.25, 0.3) is 0 Å². The first-order valence-corrected chi connectivity index (χ1v) is 8.46. The molecule has 0 bridgehead atoms. The van der Waals surface area contributed by atoms with Gasteiger partial charge in [0.2, 0.25) is 11.8 Å². The van der Waals surface area contributed by atoms with Crippen molar-refractivity contribution in [3.63, 3.8) is 0 Å². The molecule has 2 aromatic carbocycles. The molecule has 2 rings (SSSR count). The maximum atomic E-state index is 14.1. The van der Waals surface area contributed by atoms with E-state index in [2.05, 4.69) is 10.6 Å². The van der Waals surface area contributed by atoms with E-state index >= 15 is 0 Å². The highest BCUT2D eigenvalue weighted by atomic mass is 19.3. The molecule has 0 fully saturated rings. The number of hydrogen-bond donors (Lipinski definition) is 6. The van der Waals surface area contributed by atoms with Gasteiger partial charge in [-0.25, -0.2) is 0 Å². The van der Waals surface area contributed by atoms with Crippen LogP contribution in [0.4, 0.5) is 40.3 Å². The lowest BCUT2D eigenvalue weighted by Crippen LogP contribution is -2.50. The molecule has 0 unspecified atom stereocenters. The molecule has 0 atom stereocenters. The molecule has 0 aliphatic heterocycles. The van der Waals surface area contributed by atoms with Crippen molar-refractivity contribution >= 4 is 34.6 Å². The van der Waals surface area contributed by atoms with Crippen molar-refractivity contribution in [3.8, 4) is 0 Å². The molecule has 0 aliphatic rings. The Balaban J connectivity index is 2.05. The molecule has 2 amide bonds. The van der Waals surface area contributed by atoms with Gasteiger partial charge in [0.1, 0.15) is 0 Å². The third-order valence-electron chi connectivity index (χ3n) is 4.21. The van der Waals surface area contributed by atoms with Gasteiger partial charge >= 0.3 is 11.8 Å². The summed E-state index contributed by atoms with van der Waals surface area (Å²) in [5, 5.41) is 4.29. The first-order valence-electron chi connectivity index (χ1n) is 8.46. The van der Waals surface area contributed by atoms with E-state index < -0.39 is 36.7 Å². The second-order valence-electron chi connectivity index (χ2n) is 6.45. The number of carbonyl (C=O) groups is 2. The molecule has 30 heavy (non-hydrogen) atoms. The monoisotopic (exact) mass is 428 g/mol. The minimum Gasteiger partial charge on any atom is -0.397 e. The standard InChI is InChI=1S/C18H20F4N6O2/c19-17(20,7-27-13-3-1-9(15(25)29)5-11(13)23)18(21,22)8-28-14-4-2-10(16(26)30)6-12(14)24/h1-6,27-28H,7-8,23-24H2,(H2,25,29)(H2,26,30). The molecule has 0 aliphatic carbocycles. The Labute approximate surface area is 168 Å². The van der Waals surface area contributed by atoms with E-state index in [9.17, 15) is 27.2 Å². The molecular weight excluding hydrogens is 408 g/mol. The predicted octanol–water partition coefficient (Wildman–Crippen LogP) is 1.84. The van der Waals surface area contributed by atoms with Crippen LogP contribution in [0, 0.1) is 0 Å². The zero-order valence-electron chi connectivity index (χ0n) is 15.5. The molecule has 8 nitrogen and oxygen atoms in total. The predicted molar refractivity (Wildman–Crippen MR) is 106 cm³/mol. The summed E-state index contributed by atoms with van der Waals surface area (Å²) in [5.74, 6) is -10.5. The van der Waals surface area contributed by atoms with E-state index in [1.165, 1.54) is 24.3 Å². The number of alkyl halides is 4. The number of amides is 2. The third kappa shape index (κ3) is 5.01. The van der Waals surface area contributed by atoms with E-state index in [1.54, 1.807) is 0 Å². The minimum atomic E-state index is -4.48. The quantitative estimate of drug-likeness (QED) is 0.264. The van der Waals surface area contributed by atoms with Gasteiger partial charge in [0.05, 0.1) is 35.8 Å². The summed E-state index contributed by atoms with van der Waals surface area (Å²) in [6, 6.07) is 7.09. The Morgan fingerprint density at radius 1 is 0.733 bits per heavy atom. The number of halogens is 4. The number of carbonyl (C=O) groups excluding carboxylic acids is 2. The number of primary amides is 2. The molecule has 0 saturated heterocycles. The van der Waals surface area contributed by atoms with Gasteiger partial charge in [-0.05, 0) is 36.4 Å². The summed E-state index contributed by atoms with van der Waals surface area (Å²) in [4.78, 5) is 22.1. The van der Waals surface area contributed by atoms with E-state index in [-0.39, 0.29) is 33.9 Å². The average molecular weight is 428 g/mol. The average Bonchev–Trinajstić information content (AvgIpc) is 2.65. The molecular formula is C18H20F4N6O2. The summed E-state index contributed by atoms with van der Waals surface area (Å²) < 4.78 is 56.6. The smallest absolute Gasteiger partial charge is 0.328 e. The van der Waals surface area contributed by atoms with E-state index in [4.69, 9.17) is 22.9 Å². The highest BCUT2D eigenvalue weighted by Crippen LogP contribution is 2.36. The van der Waals surface area contributed by atoms with Gasteiger partial charge < -0.3 is 33.6 Å². The van der Waals surface area contributed by atoms with Crippen LogP contribution in [0.15, 0.2) is 36.4 Å². The molecule has 10 N–H and O–H groups in total. The summed E-state index contributed by atoms with van der Waals surface area (Å²) in [7, 11) is 0. The van der Waals surface area contributed by atoms with E-state index in [0.717, 1.165) is 12.1 Å². The highest BCUT2D eigenvalue weighted by Gasteiger charge is 2.55. The van der Waals surface area contributed by atoms with Crippen LogP contribution in [0.2, 0.25) is 0 Å². The van der Waals surface area contributed by atoms with Gasteiger partial charge in [-0.1, -0.05) is 0 Å². The van der Waals surface area contributed by atoms with Gasteiger partial charge in [-0.3, -0.25) is 9.59 Å². The maximum absolute atomic E-state index is 14.1. The van der Waals surface area contributed by atoms with Crippen molar-refractivity contribution in [2.45, 2.75) is 11.8 Å². The Morgan fingerprint density at radius 2 is 1.07 bits per heavy atom. The Kier molecular flexibility index (Phi) is 6.29. The van der Waals surface area contributed by atoms with Gasteiger partial charge in [0, 0.05) is 11.1 Å². The van der Waals surface area contributed by atoms with Crippen LogP contribution >= 0.6 is 0 Å². The molecule has 0 aromatic heterocycles. The zero-order valence-corrected chi connectivity index (χ0v) is 15.5. The lowest BCUT2D eigenvalue weighted by atomic mass is 10.1. The largest absolute Gasteiger partial charge is 0.397 e. The van der Waals surface area contributed by atoms with Gasteiger partial charge in [0.25, 0.3) is 0 Å². The first kappa shape index (κ1) is 22.6. The van der Waals surface area contributed by atoms with Gasteiger partial charge in [-0.15, -0.1) is 0 Å². The topological polar surface area (TPSA) is 162 Å². The fraction of sp³-hybridized carbons (Fsp3) is 0.222. The van der Waals surface area contributed by atoms with Gasteiger partial charge in [0.15, 0.2) is 0 Å². The molecule has 0 spiro atoms. The van der Waals surface area contributed by atoms with Crippen molar-refractivity contribution in [3.05, 3.63) is 47.5 Å². The number of rotatable bonds is 9. The molecule has 0 radical (unpaired) electrons. The zero-order chi connectivity index (χ0) is 22.7. The van der Waals surface area contributed by atoms with Crippen molar-refractivity contribution in [1.29, 1.82) is 0 Å². The fourth-order valence-electron chi connectivity index (χ4n) is 2.43. The summed E-state index contributed by atoms with van der Waals surface area (Å²) >= 11 is 0. The van der Waals surface area contributed by atoms with E-state index in [1.807, 2.05) is 0 Å². The molecule has 2 aromatic rings. The van der Waals surface area contributed by atoms with Crippen LogP contribution in [0.1, 0.15) is 20.7 Å². The Morgan fingerprint density at radius 3 is 1.33 bits per heavy atom. The van der Waals surface area contributed by atoms with Crippen LogP contribution in [0.3, 0.4) is 0 Å². The highest BCUT2D eigenvalue weighted by molar-refractivity contribution is 5.95. The van der Waals surface area contributed by atoms with Crippen molar-refractivity contribution in [1.82, 2.24) is 0 Å². The van der Waals surface area contributed by atoms with Crippen LogP contribution in [0.5, 0.6) is 0 Å². The van der Waals surface area contributed by atoms with Gasteiger partial charge in [-0.2, -0.15) is 17.6 Å². The second-order valence-corrected chi connectivity index (χ2v) is 6.45.